The molecular formula is C37H43BrN10O7S4. The Hall–Kier alpha value is -4.90. The Kier molecular flexibility index (Phi) is 21.6. The highest BCUT2D eigenvalue weighted by Crippen LogP contribution is 2.23. The van der Waals surface area contributed by atoms with Crippen LogP contribution in [0.15, 0.2) is 71.5 Å². The summed E-state index contributed by atoms with van der Waals surface area (Å²) in [7, 11) is 1.57. The fraction of sp³-hybridized carbons (Fsp3) is 0.351. The van der Waals surface area contributed by atoms with Crippen molar-refractivity contribution >= 4 is 84.4 Å². The summed E-state index contributed by atoms with van der Waals surface area (Å²) in [5.74, 6) is 3.42. The second-order valence-electron chi connectivity index (χ2n) is 11.8. The lowest BCUT2D eigenvalue weighted by Gasteiger charge is -2.09. The van der Waals surface area contributed by atoms with E-state index in [0.717, 1.165) is 80.4 Å². The lowest BCUT2D eigenvalue weighted by molar-refractivity contribution is 0.152. The van der Waals surface area contributed by atoms with Crippen molar-refractivity contribution in [1.82, 2.24) is 39.2 Å². The van der Waals surface area contributed by atoms with Gasteiger partial charge in [-0.2, -0.15) is 40.4 Å². The van der Waals surface area contributed by atoms with Crippen LogP contribution in [0.2, 0.25) is 0 Å². The zero-order chi connectivity index (χ0) is 43.2. The first kappa shape index (κ1) is 48.5. The second kappa shape index (κ2) is 26.3. The molecule has 0 spiro atoms. The molecule has 22 heteroatoms. The number of rotatable bonds is 14. The number of methoxy groups -OCH3 is 1. The molecular weight excluding hydrogens is 905 g/mol. The van der Waals surface area contributed by atoms with Gasteiger partial charge in [-0.3, -0.25) is 9.97 Å². The van der Waals surface area contributed by atoms with Crippen LogP contribution in [0.1, 0.15) is 47.2 Å². The van der Waals surface area contributed by atoms with E-state index < -0.39 is 23.1 Å². The van der Waals surface area contributed by atoms with Crippen LogP contribution in [-0.4, -0.2) is 111 Å². The monoisotopic (exact) mass is 946 g/mol. The molecule has 0 aliphatic rings. The van der Waals surface area contributed by atoms with Gasteiger partial charge in [0.05, 0.1) is 12.7 Å². The number of aromatic nitrogens is 8. The van der Waals surface area contributed by atoms with Crippen molar-refractivity contribution in [2.45, 2.75) is 40.5 Å². The molecule has 59 heavy (non-hydrogen) atoms. The zero-order valence-corrected chi connectivity index (χ0v) is 38.2. The number of halogens is 1. The average Bonchev–Trinajstić information content (AvgIpc) is 3.86. The number of hydrogen-bond acceptors (Lipinski definition) is 17. The summed E-state index contributed by atoms with van der Waals surface area (Å²) < 4.78 is 42.7. The van der Waals surface area contributed by atoms with E-state index in [0.29, 0.717) is 35.4 Å². The van der Waals surface area contributed by atoms with Gasteiger partial charge < -0.3 is 14.4 Å². The molecule has 314 valence electrons. The van der Waals surface area contributed by atoms with Crippen molar-refractivity contribution in [3.8, 4) is 23.0 Å². The molecule has 6 rings (SSSR count). The largest absolute Gasteiger partial charge is 0.478 e. The van der Waals surface area contributed by atoms with E-state index in [4.69, 9.17) is 31.2 Å². The molecule has 0 radical (unpaired) electrons. The van der Waals surface area contributed by atoms with E-state index in [1.54, 1.807) is 52.1 Å². The Morgan fingerprint density at radius 2 is 1.15 bits per heavy atom. The average molecular weight is 948 g/mol. The second-order valence-corrected chi connectivity index (χ2v) is 14.8. The Morgan fingerprint density at radius 1 is 0.712 bits per heavy atom. The molecule has 0 unspecified atom stereocenters. The maximum absolute atomic E-state index is 8.29. The van der Waals surface area contributed by atoms with Crippen LogP contribution in [0.4, 0.5) is 0 Å². The molecule has 0 aliphatic carbocycles. The third-order valence-corrected chi connectivity index (χ3v) is 9.59. The normalized spacial score (nSPS) is 11.1. The van der Waals surface area contributed by atoms with Gasteiger partial charge in [0.2, 0.25) is 11.6 Å². The highest BCUT2D eigenvalue weighted by molar-refractivity contribution is 9.18. The summed E-state index contributed by atoms with van der Waals surface area (Å²) in [5.41, 5.74) is 9.19. The fourth-order valence-electron chi connectivity index (χ4n) is 5.07. The van der Waals surface area contributed by atoms with E-state index in [1.165, 1.54) is 0 Å². The molecule has 0 saturated heterocycles. The molecule has 0 bridgehead atoms. The van der Waals surface area contributed by atoms with Crippen molar-refractivity contribution in [2.24, 2.45) is 10.3 Å². The quantitative estimate of drug-likeness (QED) is 0.0523. The minimum Gasteiger partial charge on any atom is -0.478 e. The van der Waals surface area contributed by atoms with Gasteiger partial charge in [0, 0.05) is 41.9 Å². The molecule has 0 aliphatic heterocycles. The van der Waals surface area contributed by atoms with Gasteiger partial charge in [-0.1, -0.05) is 19.0 Å². The summed E-state index contributed by atoms with van der Waals surface area (Å²) in [6.45, 7) is 9.34. The lowest BCUT2D eigenvalue weighted by atomic mass is 10.1. The first-order chi connectivity index (χ1) is 28.6. The van der Waals surface area contributed by atoms with Crippen LogP contribution >= 0.6 is 39.5 Å². The van der Waals surface area contributed by atoms with E-state index >= 15 is 0 Å². The van der Waals surface area contributed by atoms with Crippen LogP contribution in [0.25, 0.3) is 34.3 Å². The number of hydrogen-bond donors (Lipinski definition) is 0. The predicted molar refractivity (Wildman–Crippen MR) is 236 cm³/mol. The standard InChI is InChI=1S/C19H23N5O2S.C18H20BrN5OS.2O2S/c1-5-14-11-15(19(25-3)23-26-8-9-27-4)12-20-17(14)18-21-16-10-13(2)6-7-24(16)22-18;1-4-13-10-14(17(19)23-25-7-8-26-3)11-20-16(13)18-21-15-9-12(2)5-6-24(15)22-18;2*1-3-2/h6-7,10-12H,5,8-9H2,1-4H3;5-6,9-11H,4,7-8H2,1-3H3;;/b23-19-;23-17-;;. The van der Waals surface area contributed by atoms with Crippen molar-refractivity contribution in [3.63, 3.8) is 0 Å². The van der Waals surface area contributed by atoms with E-state index in [1.807, 2.05) is 75.2 Å². The summed E-state index contributed by atoms with van der Waals surface area (Å²) >= 11 is 5.38. The number of nitrogens with zero attached hydrogens (tertiary/aromatic N) is 10. The number of ether oxygens (including phenoxy) is 1. The zero-order valence-electron chi connectivity index (χ0n) is 33.4. The van der Waals surface area contributed by atoms with Crippen LogP contribution in [0.5, 0.6) is 0 Å². The van der Waals surface area contributed by atoms with Gasteiger partial charge in [-0.25, -0.2) is 19.0 Å². The molecule has 0 atom stereocenters. The van der Waals surface area contributed by atoms with Crippen LogP contribution in [-0.2, 0) is 50.4 Å². The van der Waals surface area contributed by atoms with Gasteiger partial charge in [0.1, 0.15) is 24.6 Å². The van der Waals surface area contributed by atoms with Crippen molar-refractivity contribution in [1.29, 1.82) is 0 Å². The number of oxime groups is 2. The Bertz CT molecular complexity index is 2410. The number of fused-ring (bicyclic) bond motifs is 2. The lowest BCUT2D eigenvalue weighted by Crippen LogP contribution is -2.08. The summed E-state index contributed by atoms with van der Waals surface area (Å²) in [6.07, 6.45) is 13.0. The molecule has 0 aromatic carbocycles. The highest BCUT2D eigenvalue weighted by atomic mass is 79.9. The molecule has 0 saturated carbocycles. The van der Waals surface area contributed by atoms with Gasteiger partial charge in [0.15, 0.2) is 15.9 Å². The minimum absolute atomic E-state index is 0.406. The van der Waals surface area contributed by atoms with Gasteiger partial charge in [0.25, 0.3) is 5.90 Å². The Balaban J connectivity index is 0.000000278. The SMILES string of the molecule is CCc1cc(/C(=N/OCCSC)OC)cnc1-c1nc2cc(C)ccn2n1.CCc1cc(/C(Br)=N/OCCSC)cnc1-c1nc2cc(C)ccn2n1.O=S=O.O=S=O. The molecule has 6 aromatic heterocycles. The molecule has 17 nitrogen and oxygen atoms in total. The maximum atomic E-state index is 8.29. The highest BCUT2D eigenvalue weighted by Gasteiger charge is 2.16. The Labute approximate surface area is 365 Å². The molecule has 0 N–H and O–H groups in total. The van der Waals surface area contributed by atoms with E-state index in [9.17, 15) is 0 Å². The number of aryl methyl sites for hydroxylation is 4. The molecule has 6 aromatic rings. The van der Waals surface area contributed by atoms with Crippen LogP contribution in [0.3, 0.4) is 0 Å². The first-order valence-corrected chi connectivity index (χ1v) is 22.6. The van der Waals surface area contributed by atoms with Gasteiger partial charge in [-0.15, -0.1) is 10.2 Å². The predicted octanol–water partition coefficient (Wildman–Crippen LogP) is 6.11. The third kappa shape index (κ3) is 14.7. The maximum Gasteiger partial charge on any atom is 0.335 e. The molecule has 6 heterocycles. The summed E-state index contributed by atoms with van der Waals surface area (Å²) in [6, 6.07) is 12.1. The van der Waals surface area contributed by atoms with Crippen molar-refractivity contribution in [2.75, 3.05) is 44.3 Å². The van der Waals surface area contributed by atoms with Gasteiger partial charge in [-0.05, 0) is 119 Å². The van der Waals surface area contributed by atoms with E-state index in [2.05, 4.69) is 70.2 Å². The molecule has 0 fully saturated rings. The van der Waals surface area contributed by atoms with Crippen molar-refractivity contribution < 1.29 is 31.2 Å². The van der Waals surface area contributed by atoms with Crippen LogP contribution in [0, 0.1) is 13.8 Å². The first-order valence-electron chi connectivity index (χ1n) is 17.7. The fourth-order valence-corrected chi connectivity index (χ4v) is 5.87. The molecule has 0 amide bonds. The van der Waals surface area contributed by atoms with Gasteiger partial charge >= 0.3 is 23.1 Å². The van der Waals surface area contributed by atoms with Crippen LogP contribution < -0.4 is 0 Å². The van der Waals surface area contributed by atoms with Crippen molar-refractivity contribution in [3.05, 3.63) is 94.6 Å². The summed E-state index contributed by atoms with van der Waals surface area (Å²) in [4.78, 5) is 29.0. The number of pyridine rings is 4. The smallest absolute Gasteiger partial charge is 0.335 e. The minimum atomic E-state index is -0.750. The van der Waals surface area contributed by atoms with E-state index in [-0.39, 0.29) is 0 Å². The third-order valence-electron chi connectivity index (χ3n) is 7.83. The summed E-state index contributed by atoms with van der Waals surface area (Å²) in [5, 5.41) is 17.3. The number of thioether (sulfide) groups is 2. The topological polar surface area (TPSA) is 207 Å². The Morgan fingerprint density at radius 3 is 1.59 bits per heavy atom.